The number of hydrogen-bond donors (Lipinski definition) is 1. The number of carbonyl (C=O) groups is 2. The Labute approximate surface area is 196 Å². The molecule has 0 saturated heterocycles. The molecule has 0 bridgehead atoms. The second kappa shape index (κ2) is 9.70. The van der Waals surface area contributed by atoms with Crippen molar-refractivity contribution in [3.63, 3.8) is 0 Å². The SMILES string of the molecule is Cc1ccc(C)c(CN2C(=O)[C@@H]([C@H](C)C(=O)NC3CCC(C)CC3)Sc3ccccc32)c1. The van der Waals surface area contributed by atoms with Crippen molar-refractivity contribution in [3.05, 3.63) is 59.2 Å². The number of amides is 2. The molecular weight excluding hydrogens is 416 g/mol. The molecule has 0 radical (unpaired) electrons. The van der Waals surface area contributed by atoms with Crippen molar-refractivity contribution >= 4 is 29.3 Å². The van der Waals surface area contributed by atoms with Crippen LogP contribution in [0.5, 0.6) is 0 Å². The Morgan fingerprint density at radius 1 is 1.12 bits per heavy atom. The van der Waals surface area contributed by atoms with Crippen LogP contribution in [0.1, 0.15) is 56.2 Å². The van der Waals surface area contributed by atoms with E-state index in [1.807, 2.05) is 30.0 Å². The summed E-state index contributed by atoms with van der Waals surface area (Å²) in [4.78, 5) is 29.8. The molecule has 2 atom stereocenters. The fourth-order valence-corrected chi connectivity index (χ4v) is 6.02. The molecule has 5 heteroatoms. The maximum absolute atomic E-state index is 13.7. The summed E-state index contributed by atoms with van der Waals surface area (Å²) in [6.07, 6.45) is 4.39. The van der Waals surface area contributed by atoms with Crippen LogP contribution in [0.25, 0.3) is 0 Å². The van der Waals surface area contributed by atoms with E-state index in [-0.39, 0.29) is 23.8 Å². The van der Waals surface area contributed by atoms with Crippen LogP contribution in [0, 0.1) is 25.7 Å². The molecular formula is C27H34N2O2S. The molecule has 170 valence electrons. The number of carbonyl (C=O) groups excluding carboxylic acids is 2. The molecule has 1 fully saturated rings. The van der Waals surface area contributed by atoms with Crippen molar-refractivity contribution in [2.24, 2.45) is 11.8 Å². The second-order valence-electron chi connectivity index (χ2n) is 9.61. The zero-order valence-corrected chi connectivity index (χ0v) is 20.4. The zero-order chi connectivity index (χ0) is 22.8. The van der Waals surface area contributed by atoms with Crippen molar-refractivity contribution < 1.29 is 9.59 Å². The van der Waals surface area contributed by atoms with Gasteiger partial charge in [-0.25, -0.2) is 0 Å². The Morgan fingerprint density at radius 3 is 2.59 bits per heavy atom. The largest absolute Gasteiger partial charge is 0.353 e. The highest BCUT2D eigenvalue weighted by Crippen LogP contribution is 2.42. The van der Waals surface area contributed by atoms with Crippen LogP contribution in [0.3, 0.4) is 0 Å². The molecule has 2 aromatic carbocycles. The summed E-state index contributed by atoms with van der Waals surface area (Å²) in [6.45, 7) is 8.87. The second-order valence-corrected chi connectivity index (χ2v) is 10.8. The smallest absolute Gasteiger partial charge is 0.241 e. The van der Waals surface area contributed by atoms with Gasteiger partial charge < -0.3 is 10.2 Å². The van der Waals surface area contributed by atoms with Gasteiger partial charge in [0.05, 0.1) is 18.2 Å². The van der Waals surface area contributed by atoms with Crippen LogP contribution < -0.4 is 10.2 Å². The van der Waals surface area contributed by atoms with Gasteiger partial charge in [-0.2, -0.15) is 0 Å². The van der Waals surface area contributed by atoms with Crippen molar-refractivity contribution in [1.29, 1.82) is 0 Å². The topological polar surface area (TPSA) is 49.4 Å². The molecule has 0 spiro atoms. The van der Waals surface area contributed by atoms with E-state index >= 15 is 0 Å². The molecule has 0 unspecified atom stereocenters. The molecule has 2 aliphatic rings. The normalized spacial score (nSPS) is 24.1. The average Bonchev–Trinajstić information content (AvgIpc) is 2.78. The molecule has 2 aromatic rings. The molecule has 1 aliphatic carbocycles. The zero-order valence-electron chi connectivity index (χ0n) is 19.6. The maximum Gasteiger partial charge on any atom is 0.241 e. The number of thioether (sulfide) groups is 1. The number of benzene rings is 2. The van der Waals surface area contributed by atoms with E-state index in [1.54, 1.807) is 0 Å². The molecule has 1 saturated carbocycles. The fraction of sp³-hybridized carbons (Fsp3) is 0.481. The maximum atomic E-state index is 13.7. The van der Waals surface area contributed by atoms with Gasteiger partial charge >= 0.3 is 0 Å². The summed E-state index contributed by atoms with van der Waals surface area (Å²) >= 11 is 1.53. The van der Waals surface area contributed by atoms with E-state index in [2.05, 4.69) is 50.4 Å². The molecule has 0 aromatic heterocycles. The van der Waals surface area contributed by atoms with Crippen LogP contribution in [-0.4, -0.2) is 23.1 Å². The summed E-state index contributed by atoms with van der Waals surface area (Å²) in [6, 6.07) is 14.6. The third kappa shape index (κ3) is 4.88. The van der Waals surface area contributed by atoms with E-state index in [4.69, 9.17) is 0 Å². The summed E-state index contributed by atoms with van der Waals surface area (Å²) in [5.74, 6) is 0.378. The van der Waals surface area contributed by atoms with Crippen LogP contribution in [0.4, 0.5) is 5.69 Å². The monoisotopic (exact) mass is 450 g/mol. The molecule has 2 amide bonds. The minimum atomic E-state index is -0.419. The fourth-order valence-electron chi connectivity index (χ4n) is 4.73. The van der Waals surface area contributed by atoms with E-state index in [0.717, 1.165) is 47.7 Å². The van der Waals surface area contributed by atoms with Gasteiger partial charge in [0, 0.05) is 10.9 Å². The van der Waals surface area contributed by atoms with Crippen LogP contribution in [0.15, 0.2) is 47.4 Å². The van der Waals surface area contributed by atoms with Crippen molar-refractivity contribution in [3.8, 4) is 0 Å². The van der Waals surface area contributed by atoms with Crippen LogP contribution in [0.2, 0.25) is 0 Å². The number of nitrogens with one attached hydrogen (secondary N) is 1. The Bertz CT molecular complexity index is 997. The average molecular weight is 451 g/mol. The lowest BCUT2D eigenvalue weighted by Gasteiger charge is -2.36. The Balaban J connectivity index is 1.55. The summed E-state index contributed by atoms with van der Waals surface area (Å²) in [5.41, 5.74) is 4.44. The quantitative estimate of drug-likeness (QED) is 0.641. The van der Waals surface area contributed by atoms with Gasteiger partial charge in [-0.15, -0.1) is 11.8 Å². The Hall–Kier alpha value is -2.27. The highest BCUT2D eigenvalue weighted by Gasteiger charge is 2.40. The first-order valence-electron chi connectivity index (χ1n) is 11.8. The van der Waals surface area contributed by atoms with Crippen molar-refractivity contribution in [2.45, 2.75) is 76.1 Å². The van der Waals surface area contributed by atoms with Gasteiger partial charge in [0.2, 0.25) is 11.8 Å². The van der Waals surface area contributed by atoms with E-state index < -0.39 is 5.25 Å². The van der Waals surface area contributed by atoms with Gasteiger partial charge in [-0.05, 0) is 68.7 Å². The third-order valence-corrected chi connectivity index (χ3v) is 8.45. The lowest BCUT2D eigenvalue weighted by molar-refractivity contribution is -0.129. The molecule has 4 rings (SSSR count). The predicted molar refractivity (Wildman–Crippen MR) is 132 cm³/mol. The lowest BCUT2D eigenvalue weighted by atomic mass is 9.87. The minimum absolute atomic E-state index is 0.00136. The van der Waals surface area contributed by atoms with Gasteiger partial charge in [-0.3, -0.25) is 9.59 Å². The molecule has 1 aliphatic heterocycles. The predicted octanol–water partition coefficient (Wildman–Crippen LogP) is 5.64. The first-order chi connectivity index (χ1) is 15.3. The van der Waals surface area contributed by atoms with Gasteiger partial charge in [0.25, 0.3) is 0 Å². The highest BCUT2D eigenvalue weighted by atomic mass is 32.2. The Morgan fingerprint density at radius 2 is 1.84 bits per heavy atom. The third-order valence-electron chi connectivity index (χ3n) is 6.98. The number of aryl methyl sites for hydroxylation is 2. The van der Waals surface area contributed by atoms with Crippen molar-refractivity contribution in [1.82, 2.24) is 5.32 Å². The standard InChI is InChI=1S/C27H34N2O2S/c1-17-10-13-22(14-11-17)28-26(30)20(4)25-27(31)29(23-7-5-6-8-24(23)32-25)16-21-15-18(2)9-12-19(21)3/h5-9,12,15,17,20,22,25H,10-11,13-14,16H2,1-4H3,(H,28,30)/t17?,20-,22?,25+/m0/s1. The first-order valence-corrected chi connectivity index (χ1v) is 12.6. The van der Waals surface area contributed by atoms with Gasteiger partial charge in [-0.1, -0.05) is 49.7 Å². The van der Waals surface area contributed by atoms with Crippen molar-refractivity contribution in [2.75, 3.05) is 4.90 Å². The highest BCUT2D eigenvalue weighted by molar-refractivity contribution is 8.01. The number of nitrogens with zero attached hydrogens (tertiary/aromatic N) is 1. The van der Waals surface area contributed by atoms with Gasteiger partial charge in [0.1, 0.15) is 5.25 Å². The van der Waals surface area contributed by atoms with Gasteiger partial charge in [0.15, 0.2) is 0 Å². The van der Waals surface area contributed by atoms with E-state index in [0.29, 0.717) is 6.54 Å². The van der Waals surface area contributed by atoms with E-state index in [1.165, 1.54) is 22.9 Å². The number of hydrogen-bond acceptors (Lipinski definition) is 3. The summed E-state index contributed by atoms with van der Waals surface area (Å²) < 4.78 is 0. The van der Waals surface area contributed by atoms with E-state index in [9.17, 15) is 9.59 Å². The molecule has 32 heavy (non-hydrogen) atoms. The number of fused-ring (bicyclic) bond motifs is 1. The number of anilines is 1. The summed E-state index contributed by atoms with van der Waals surface area (Å²) in [5, 5.41) is 2.82. The Kier molecular flexibility index (Phi) is 6.94. The summed E-state index contributed by atoms with van der Waals surface area (Å²) in [7, 11) is 0. The van der Waals surface area contributed by atoms with Crippen LogP contribution in [-0.2, 0) is 16.1 Å². The molecule has 4 nitrogen and oxygen atoms in total. The molecule has 1 heterocycles. The van der Waals surface area contributed by atoms with Crippen LogP contribution >= 0.6 is 11.8 Å². The lowest BCUT2D eigenvalue weighted by Crippen LogP contribution is -2.49. The molecule has 1 N–H and O–H groups in total. The number of rotatable bonds is 5. The minimum Gasteiger partial charge on any atom is -0.353 e. The first kappa shape index (κ1) is 22.9. The number of para-hydroxylation sites is 1.